The minimum atomic E-state index is -1.58. The third-order valence-electron chi connectivity index (χ3n) is 9.97. The monoisotopic (exact) mass is 594 g/mol. The maximum absolute atomic E-state index is 14.1. The summed E-state index contributed by atoms with van der Waals surface area (Å²) in [5, 5.41) is 9.96. The fourth-order valence-electron chi connectivity index (χ4n) is 8.01. The quantitative estimate of drug-likeness (QED) is 0.141. The van der Waals surface area contributed by atoms with Gasteiger partial charge in [-0.2, -0.15) is 0 Å². The summed E-state index contributed by atoms with van der Waals surface area (Å²) in [4.78, 5) is 0. The molecule has 1 aliphatic heterocycles. The highest BCUT2D eigenvalue weighted by molar-refractivity contribution is 7.64. The van der Waals surface area contributed by atoms with Gasteiger partial charge in [-0.25, -0.2) is 4.39 Å². The van der Waals surface area contributed by atoms with E-state index in [0.717, 1.165) is 17.9 Å². The fraction of sp³-hybridized carbons (Fsp3) is 0.200. The van der Waals surface area contributed by atoms with Gasteiger partial charge in [0.25, 0.3) is 0 Å². The van der Waals surface area contributed by atoms with Crippen LogP contribution in [0.2, 0.25) is 5.54 Å². The zero-order valence-corrected chi connectivity index (χ0v) is 26.5. The molecule has 1 fully saturated rings. The molecule has 0 nitrogen and oxygen atoms in total. The van der Waals surface area contributed by atoms with Gasteiger partial charge in [0.1, 0.15) is 14.6 Å². The van der Waals surface area contributed by atoms with Crippen molar-refractivity contribution in [3.63, 3.8) is 0 Å². The Balaban J connectivity index is 1.33. The highest BCUT2D eigenvalue weighted by Crippen LogP contribution is 2.52. The van der Waals surface area contributed by atoms with Crippen LogP contribution in [0.1, 0.15) is 43.2 Å². The predicted molar refractivity (Wildman–Crippen MR) is 187 cm³/mol. The topological polar surface area (TPSA) is 0 Å². The average Bonchev–Trinajstić information content (AvgIpc) is 3.24. The summed E-state index contributed by atoms with van der Waals surface area (Å²) < 4.78 is 14.1. The Labute approximate surface area is 257 Å². The lowest BCUT2D eigenvalue weighted by molar-refractivity contribution is 0.499. The Morgan fingerprint density at radius 3 is 1.74 bits per heavy atom. The molecule has 1 heterocycles. The summed E-state index contributed by atoms with van der Waals surface area (Å²) in [5.74, 6) is -0.130. The van der Waals surface area contributed by atoms with E-state index in [4.69, 9.17) is 0 Å². The zero-order chi connectivity index (χ0) is 28.8. The molecule has 0 radical (unpaired) electrons. The van der Waals surface area contributed by atoms with Crippen molar-refractivity contribution in [1.29, 1.82) is 0 Å². The Morgan fingerprint density at radius 2 is 1.12 bits per heavy atom. The number of hydrogen-bond acceptors (Lipinski definition) is 0. The summed E-state index contributed by atoms with van der Waals surface area (Å²) in [5.41, 5.74) is 6.56. The highest BCUT2D eigenvalue weighted by atomic mass is 31.1. The van der Waals surface area contributed by atoms with Gasteiger partial charge in [0.15, 0.2) is 0 Å². The van der Waals surface area contributed by atoms with Crippen LogP contribution in [0.3, 0.4) is 0 Å². The van der Waals surface area contributed by atoms with E-state index in [0.29, 0.717) is 0 Å². The lowest BCUT2D eigenvalue weighted by atomic mass is 9.88. The molecule has 0 unspecified atom stereocenters. The largest absolute Gasteiger partial charge is 0.207 e. The fourth-order valence-corrected chi connectivity index (χ4v) is 15.4. The van der Waals surface area contributed by atoms with Gasteiger partial charge in [0.05, 0.1) is 0 Å². The van der Waals surface area contributed by atoms with Crippen LogP contribution >= 0.6 is 7.92 Å². The number of halogens is 1. The van der Waals surface area contributed by atoms with E-state index in [-0.39, 0.29) is 5.82 Å². The van der Waals surface area contributed by atoms with E-state index in [9.17, 15) is 4.39 Å². The van der Waals surface area contributed by atoms with Crippen molar-refractivity contribution in [3.8, 4) is 11.1 Å². The number of rotatable bonds is 4. The second-order valence-electron chi connectivity index (χ2n) is 12.5. The molecule has 0 N–H and O–H groups in total. The molecule has 43 heavy (non-hydrogen) atoms. The van der Waals surface area contributed by atoms with Crippen molar-refractivity contribution >= 4 is 53.9 Å². The van der Waals surface area contributed by atoms with Crippen LogP contribution < -0.4 is 15.7 Å². The Morgan fingerprint density at radius 1 is 0.558 bits per heavy atom. The molecule has 6 aromatic rings. The van der Waals surface area contributed by atoms with E-state index >= 15 is 0 Å². The summed E-state index contributed by atoms with van der Waals surface area (Å²) in [6, 6.07) is 44.4. The minimum absolute atomic E-state index is 0.130. The van der Waals surface area contributed by atoms with Crippen LogP contribution in [0, 0.1) is 5.82 Å². The van der Waals surface area contributed by atoms with Crippen molar-refractivity contribution in [3.05, 3.63) is 138 Å². The predicted octanol–water partition coefficient (Wildman–Crippen LogP) is 9.30. The first-order chi connectivity index (χ1) is 21.2. The van der Waals surface area contributed by atoms with Gasteiger partial charge >= 0.3 is 0 Å². The van der Waals surface area contributed by atoms with Crippen molar-refractivity contribution in [2.75, 3.05) is 0 Å². The number of hydrogen-bond donors (Lipinski definition) is 0. The summed E-state index contributed by atoms with van der Waals surface area (Å²) in [6.45, 7) is 0. The maximum Gasteiger partial charge on any atom is 0.123 e. The van der Waals surface area contributed by atoms with Crippen molar-refractivity contribution in [2.24, 2.45) is 0 Å². The van der Waals surface area contributed by atoms with E-state index in [2.05, 4.69) is 109 Å². The van der Waals surface area contributed by atoms with E-state index in [1.54, 1.807) is 22.6 Å². The molecule has 0 spiro atoms. The lowest BCUT2D eigenvalue weighted by Crippen LogP contribution is -2.51. The number of benzene rings is 6. The van der Waals surface area contributed by atoms with Gasteiger partial charge in [-0.3, -0.25) is 0 Å². The van der Waals surface area contributed by atoms with Crippen LogP contribution in [0.25, 0.3) is 32.7 Å². The average molecular weight is 595 g/mol. The normalized spacial score (nSPS) is 16.5. The molecular weight excluding hydrogens is 558 g/mol. The van der Waals surface area contributed by atoms with Gasteiger partial charge < -0.3 is 0 Å². The molecule has 0 saturated heterocycles. The molecule has 0 bridgehead atoms. The van der Waals surface area contributed by atoms with E-state index in [1.807, 2.05) is 0 Å². The summed E-state index contributed by atoms with van der Waals surface area (Å²) in [6.07, 6.45) is 8.80. The summed E-state index contributed by atoms with van der Waals surface area (Å²) >= 11 is 0. The molecule has 8 rings (SSSR count). The van der Waals surface area contributed by atoms with Crippen molar-refractivity contribution in [2.45, 2.75) is 50.0 Å². The molecule has 2 aliphatic rings. The lowest BCUT2D eigenvalue weighted by Gasteiger charge is -2.33. The van der Waals surface area contributed by atoms with Crippen LogP contribution in [0.15, 0.2) is 121 Å². The second-order valence-corrected chi connectivity index (χ2v) is 17.9. The van der Waals surface area contributed by atoms with Crippen LogP contribution in [0.4, 0.5) is 4.39 Å². The first kappa shape index (κ1) is 27.0. The van der Waals surface area contributed by atoms with Crippen LogP contribution in [0.5, 0.6) is 0 Å². The molecule has 1 saturated carbocycles. The maximum atomic E-state index is 14.1. The summed E-state index contributed by atoms with van der Waals surface area (Å²) in [7, 11) is -2.07. The Hall–Kier alpha value is -3.58. The minimum Gasteiger partial charge on any atom is -0.207 e. The zero-order valence-electron chi connectivity index (χ0n) is 24.5. The number of fused-ring (bicyclic) bond motifs is 7. The molecule has 212 valence electrons. The van der Waals surface area contributed by atoms with Crippen molar-refractivity contribution < 1.29 is 4.39 Å². The molecular formula is C40H36FPSi. The molecule has 6 aromatic carbocycles. The first-order valence-corrected chi connectivity index (χ1v) is 19.4. The molecule has 3 heteroatoms. The Bertz CT molecular complexity index is 1850. The van der Waals surface area contributed by atoms with Crippen molar-refractivity contribution in [1.82, 2.24) is 0 Å². The van der Waals surface area contributed by atoms with Gasteiger partial charge in [0, 0.05) is 0 Å². The third kappa shape index (κ3) is 4.95. The van der Waals surface area contributed by atoms with Gasteiger partial charge in [-0.1, -0.05) is 160 Å². The smallest absolute Gasteiger partial charge is 0.123 e. The van der Waals surface area contributed by atoms with Crippen LogP contribution in [-0.2, 0) is 12.3 Å². The Kier molecular flexibility index (Phi) is 7.22. The molecule has 1 atom stereocenters. The standard InChI is InChI=1S/C40H36FPSi/c41-32-22-24-34(25-23-32)43(33-12-2-1-3-13-33)38-17-9-8-16-37(38)42-26-30-20-18-28-10-4-6-14-35(28)39(30)40-31(27-42)21-19-29-11-5-7-15-36(29)40/h4-11,14-25,33,43H,1-3,12-13,26-27H2/t43-/m0/s1. The first-order valence-electron chi connectivity index (χ1n) is 15.9. The SMILES string of the molecule is Fc1ccc([Si@@H](c2ccccc2P2Cc3ccc4ccccc4c3-c3c(ccc4ccccc34)C2)C2CCCCC2)cc1. The molecule has 0 aromatic heterocycles. The molecule has 0 amide bonds. The van der Waals surface area contributed by atoms with Crippen LogP contribution in [-0.4, -0.2) is 8.80 Å². The second kappa shape index (κ2) is 11.5. The van der Waals surface area contributed by atoms with E-state index in [1.165, 1.54) is 81.1 Å². The molecule has 1 aliphatic carbocycles. The van der Waals surface area contributed by atoms with Gasteiger partial charge in [-0.15, -0.1) is 0 Å². The highest BCUT2D eigenvalue weighted by Gasteiger charge is 2.33. The third-order valence-corrected chi connectivity index (χ3v) is 16.6. The van der Waals surface area contributed by atoms with E-state index < -0.39 is 16.7 Å². The van der Waals surface area contributed by atoms with Gasteiger partial charge in [0.2, 0.25) is 0 Å². The van der Waals surface area contributed by atoms with Gasteiger partial charge in [-0.05, 0) is 79.1 Å².